The molecule has 0 saturated carbocycles. The minimum Gasteiger partial charge on any atom is -0.377 e. The van der Waals surface area contributed by atoms with Gasteiger partial charge in [-0.25, -0.2) is 9.97 Å². The monoisotopic (exact) mass is 295 g/mol. The molecule has 0 aromatic carbocycles. The topological polar surface area (TPSA) is 79.4 Å². The maximum Gasteiger partial charge on any atom is 0.239 e. The number of hydrogen-bond acceptors (Lipinski definition) is 6. The summed E-state index contributed by atoms with van der Waals surface area (Å²) in [6.45, 7) is 8.59. The second-order valence-electron chi connectivity index (χ2n) is 4.46. The number of nitrogens with zero attached hydrogens (tertiary/aromatic N) is 3. The predicted octanol–water partition coefficient (Wildman–Crippen LogP) is 1.02. The Hall–Kier alpha value is -1.89. The Bertz CT molecular complexity index is 429. The van der Waals surface area contributed by atoms with Gasteiger partial charge in [0, 0.05) is 32.8 Å². The standard InChI is InChI=1S/C14H25N5O2/c1-5-15-11-8-13(18-12(17-11)10-21-4)19(7-3)9-14(20)16-6-2/h8H,5-7,9-10H2,1-4H3,(H,16,20)(H,15,17,18). The Balaban J connectivity index is 2.97. The molecule has 0 aliphatic heterocycles. The summed E-state index contributed by atoms with van der Waals surface area (Å²) >= 11 is 0. The second-order valence-corrected chi connectivity index (χ2v) is 4.46. The normalized spacial score (nSPS) is 10.3. The van der Waals surface area contributed by atoms with E-state index in [2.05, 4.69) is 20.6 Å². The average Bonchev–Trinajstić information content (AvgIpc) is 2.45. The largest absolute Gasteiger partial charge is 0.377 e. The van der Waals surface area contributed by atoms with E-state index in [1.165, 1.54) is 0 Å². The molecule has 0 spiro atoms. The lowest BCUT2D eigenvalue weighted by Gasteiger charge is -2.22. The molecule has 7 nitrogen and oxygen atoms in total. The van der Waals surface area contributed by atoms with E-state index in [1.807, 2.05) is 31.7 Å². The highest BCUT2D eigenvalue weighted by atomic mass is 16.5. The van der Waals surface area contributed by atoms with Crippen LogP contribution >= 0.6 is 0 Å². The first-order chi connectivity index (χ1) is 10.1. The number of methoxy groups -OCH3 is 1. The van der Waals surface area contributed by atoms with Gasteiger partial charge < -0.3 is 20.3 Å². The van der Waals surface area contributed by atoms with Gasteiger partial charge in [-0.3, -0.25) is 4.79 Å². The molecular weight excluding hydrogens is 270 g/mol. The van der Waals surface area contributed by atoms with Gasteiger partial charge in [-0.2, -0.15) is 0 Å². The zero-order chi connectivity index (χ0) is 15.7. The van der Waals surface area contributed by atoms with Crippen LogP contribution in [0.4, 0.5) is 11.6 Å². The number of carbonyl (C=O) groups excluding carboxylic acids is 1. The molecule has 0 saturated heterocycles. The molecule has 1 aromatic rings. The molecule has 1 heterocycles. The quantitative estimate of drug-likeness (QED) is 0.708. The van der Waals surface area contributed by atoms with Crippen LogP contribution in [0.25, 0.3) is 0 Å². The summed E-state index contributed by atoms with van der Waals surface area (Å²) in [5, 5.41) is 5.97. The van der Waals surface area contributed by atoms with E-state index in [0.717, 1.165) is 18.2 Å². The molecule has 0 bridgehead atoms. The highest BCUT2D eigenvalue weighted by Crippen LogP contribution is 2.16. The lowest BCUT2D eigenvalue weighted by atomic mass is 10.4. The van der Waals surface area contributed by atoms with Gasteiger partial charge in [0.15, 0.2) is 5.82 Å². The molecule has 21 heavy (non-hydrogen) atoms. The zero-order valence-electron chi connectivity index (χ0n) is 13.3. The van der Waals surface area contributed by atoms with Crippen molar-refractivity contribution in [1.29, 1.82) is 0 Å². The van der Waals surface area contributed by atoms with Crippen molar-refractivity contribution in [1.82, 2.24) is 15.3 Å². The molecule has 0 aliphatic carbocycles. The number of hydrogen-bond donors (Lipinski definition) is 2. The van der Waals surface area contributed by atoms with E-state index >= 15 is 0 Å². The minimum atomic E-state index is -0.0174. The Morgan fingerprint density at radius 2 is 2.05 bits per heavy atom. The Labute approximate surface area is 126 Å². The molecule has 2 N–H and O–H groups in total. The molecule has 1 amide bonds. The molecule has 1 rings (SSSR count). The van der Waals surface area contributed by atoms with Crippen LogP contribution in [0, 0.1) is 0 Å². The molecule has 0 atom stereocenters. The molecule has 7 heteroatoms. The summed E-state index contributed by atoms with van der Waals surface area (Å²) in [6, 6.07) is 1.85. The van der Waals surface area contributed by atoms with Crippen molar-refractivity contribution in [3.05, 3.63) is 11.9 Å². The van der Waals surface area contributed by atoms with Gasteiger partial charge in [0.25, 0.3) is 0 Å². The molecule has 0 radical (unpaired) electrons. The van der Waals surface area contributed by atoms with E-state index in [9.17, 15) is 4.79 Å². The fourth-order valence-electron chi connectivity index (χ4n) is 1.89. The van der Waals surface area contributed by atoms with Gasteiger partial charge in [0.1, 0.15) is 18.2 Å². The van der Waals surface area contributed by atoms with Crippen molar-refractivity contribution in [3.8, 4) is 0 Å². The lowest BCUT2D eigenvalue weighted by Crippen LogP contribution is -2.37. The van der Waals surface area contributed by atoms with Gasteiger partial charge in [-0.15, -0.1) is 0 Å². The van der Waals surface area contributed by atoms with E-state index in [-0.39, 0.29) is 12.5 Å². The SMILES string of the molecule is CCNC(=O)CN(CC)c1cc(NCC)nc(COC)n1. The highest BCUT2D eigenvalue weighted by Gasteiger charge is 2.13. The zero-order valence-corrected chi connectivity index (χ0v) is 13.3. The molecule has 1 aromatic heterocycles. The first kappa shape index (κ1) is 17.2. The fourth-order valence-corrected chi connectivity index (χ4v) is 1.89. The van der Waals surface area contributed by atoms with E-state index < -0.39 is 0 Å². The number of ether oxygens (including phenoxy) is 1. The van der Waals surface area contributed by atoms with Crippen molar-refractivity contribution in [3.63, 3.8) is 0 Å². The van der Waals surface area contributed by atoms with Crippen molar-refractivity contribution in [2.45, 2.75) is 27.4 Å². The number of anilines is 2. The van der Waals surface area contributed by atoms with Crippen molar-refractivity contribution < 1.29 is 9.53 Å². The summed E-state index contributed by atoms with van der Waals surface area (Å²) in [5.74, 6) is 2.04. The molecular formula is C14H25N5O2. The van der Waals surface area contributed by atoms with Gasteiger partial charge >= 0.3 is 0 Å². The number of carbonyl (C=O) groups is 1. The smallest absolute Gasteiger partial charge is 0.239 e. The van der Waals surface area contributed by atoms with Crippen LogP contribution < -0.4 is 15.5 Å². The first-order valence-corrected chi connectivity index (χ1v) is 7.26. The maximum atomic E-state index is 11.8. The van der Waals surface area contributed by atoms with Gasteiger partial charge in [-0.05, 0) is 20.8 Å². The van der Waals surface area contributed by atoms with Gasteiger partial charge in [-0.1, -0.05) is 0 Å². The van der Waals surface area contributed by atoms with E-state index in [4.69, 9.17) is 4.74 Å². The minimum absolute atomic E-state index is 0.0174. The van der Waals surface area contributed by atoms with Crippen LogP contribution in [-0.2, 0) is 16.1 Å². The summed E-state index contributed by atoms with van der Waals surface area (Å²) in [6.07, 6.45) is 0. The number of nitrogens with one attached hydrogen (secondary N) is 2. The van der Waals surface area contributed by atoms with Gasteiger partial charge in [0.2, 0.25) is 5.91 Å². The third-order valence-corrected chi connectivity index (χ3v) is 2.80. The molecule has 0 aliphatic rings. The number of amides is 1. The van der Waals surface area contributed by atoms with E-state index in [0.29, 0.717) is 25.5 Å². The van der Waals surface area contributed by atoms with Crippen LogP contribution in [0.5, 0.6) is 0 Å². The summed E-state index contributed by atoms with van der Waals surface area (Å²) < 4.78 is 5.10. The average molecular weight is 295 g/mol. The van der Waals surface area contributed by atoms with Crippen molar-refractivity contribution in [2.75, 3.05) is 43.5 Å². The first-order valence-electron chi connectivity index (χ1n) is 7.26. The van der Waals surface area contributed by atoms with E-state index in [1.54, 1.807) is 7.11 Å². The third kappa shape index (κ3) is 5.55. The molecule has 0 unspecified atom stereocenters. The van der Waals surface area contributed by atoms with Crippen LogP contribution in [0.2, 0.25) is 0 Å². The molecule has 118 valence electrons. The Kier molecular flexibility index (Phi) is 7.45. The number of aromatic nitrogens is 2. The van der Waals surface area contributed by atoms with Crippen LogP contribution in [0.3, 0.4) is 0 Å². The summed E-state index contributed by atoms with van der Waals surface area (Å²) in [4.78, 5) is 22.5. The highest BCUT2D eigenvalue weighted by molar-refractivity contribution is 5.81. The second kappa shape index (κ2) is 9.12. The number of rotatable bonds is 9. The fraction of sp³-hybridized carbons (Fsp3) is 0.643. The van der Waals surface area contributed by atoms with Crippen LogP contribution in [-0.4, -0.2) is 49.2 Å². The summed E-state index contributed by atoms with van der Waals surface area (Å²) in [5.41, 5.74) is 0. The van der Waals surface area contributed by atoms with Crippen LogP contribution in [0.15, 0.2) is 6.07 Å². The summed E-state index contributed by atoms with van der Waals surface area (Å²) in [7, 11) is 1.61. The molecule has 0 fully saturated rings. The lowest BCUT2D eigenvalue weighted by molar-refractivity contribution is -0.119. The predicted molar refractivity (Wildman–Crippen MR) is 83.5 cm³/mol. The van der Waals surface area contributed by atoms with Crippen molar-refractivity contribution >= 4 is 17.5 Å². The Morgan fingerprint density at radius 3 is 2.62 bits per heavy atom. The maximum absolute atomic E-state index is 11.8. The Morgan fingerprint density at radius 1 is 1.29 bits per heavy atom. The number of likely N-dealkylation sites (N-methyl/N-ethyl adjacent to an activating group) is 2. The van der Waals surface area contributed by atoms with Gasteiger partial charge in [0.05, 0.1) is 6.54 Å². The van der Waals surface area contributed by atoms with Crippen LogP contribution in [0.1, 0.15) is 26.6 Å². The van der Waals surface area contributed by atoms with Crippen molar-refractivity contribution in [2.24, 2.45) is 0 Å². The third-order valence-electron chi connectivity index (χ3n) is 2.80.